The molecule has 0 fully saturated rings. The van der Waals surface area contributed by atoms with Gasteiger partial charge in [0.2, 0.25) is 0 Å². The third-order valence-corrected chi connectivity index (χ3v) is 3.94. The Morgan fingerprint density at radius 1 is 1.48 bits per heavy atom. The molecule has 0 bridgehead atoms. The Kier molecular flexibility index (Phi) is 5.36. The standard InChI is InChI=1S/C15H20BrN3O2/c1-10(2)14(15(20)21)17-6-3-7-19-13-8-12(16)5-4-11(13)9-18-19/h4-5,8-10,14,17H,3,6-7H2,1-2H3,(H,20,21). The number of fused-ring (bicyclic) bond motifs is 1. The van der Waals surface area contributed by atoms with E-state index in [2.05, 4.69) is 26.3 Å². The van der Waals surface area contributed by atoms with Crippen LogP contribution in [0.5, 0.6) is 0 Å². The van der Waals surface area contributed by atoms with Crippen LogP contribution >= 0.6 is 15.9 Å². The zero-order chi connectivity index (χ0) is 15.4. The highest BCUT2D eigenvalue weighted by atomic mass is 79.9. The van der Waals surface area contributed by atoms with E-state index in [1.54, 1.807) is 0 Å². The fourth-order valence-corrected chi connectivity index (χ4v) is 2.67. The Hall–Kier alpha value is -1.40. The lowest BCUT2D eigenvalue weighted by molar-refractivity contribution is -0.140. The van der Waals surface area contributed by atoms with Crippen LogP contribution in [0.3, 0.4) is 0 Å². The van der Waals surface area contributed by atoms with E-state index in [0.29, 0.717) is 6.54 Å². The number of carboxylic acids is 1. The van der Waals surface area contributed by atoms with Crippen molar-refractivity contribution in [3.8, 4) is 0 Å². The van der Waals surface area contributed by atoms with Gasteiger partial charge >= 0.3 is 5.97 Å². The molecule has 1 unspecified atom stereocenters. The van der Waals surface area contributed by atoms with Crippen molar-refractivity contribution in [1.82, 2.24) is 15.1 Å². The summed E-state index contributed by atoms with van der Waals surface area (Å²) in [7, 11) is 0. The average molecular weight is 354 g/mol. The van der Waals surface area contributed by atoms with Gasteiger partial charge in [0.15, 0.2) is 0 Å². The summed E-state index contributed by atoms with van der Waals surface area (Å²) in [4.78, 5) is 11.1. The van der Waals surface area contributed by atoms with Gasteiger partial charge in [-0.3, -0.25) is 9.48 Å². The van der Waals surface area contributed by atoms with Gasteiger partial charge in [-0.1, -0.05) is 35.8 Å². The molecule has 2 N–H and O–H groups in total. The van der Waals surface area contributed by atoms with Crippen LogP contribution in [-0.2, 0) is 11.3 Å². The van der Waals surface area contributed by atoms with E-state index >= 15 is 0 Å². The van der Waals surface area contributed by atoms with Crippen LogP contribution in [-0.4, -0.2) is 33.4 Å². The maximum Gasteiger partial charge on any atom is 0.320 e. The lowest BCUT2D eigenvalue weighted by atomic mass is 10.0. The second-order valence-electron chi connectivity index (χ2n) is 5.44. The smallest absolute Gasteiger partial charge is 0.320 e. The number of benzene rings is 1. The number of aromatic nitrogens is 2. The molecule has 0 amide bonds. The van der Waals surface area contributed by atoms with Gasteiger partial charge in [-0.25, -0.2) is 0 Å². The molecule has 2 rings (SSSR count). The molecule has 1 aromatic heterocycles. The van der Waals surface area contributed by atoms with E-state index in [1.165, 1.54) is 0 Å². The van der Waals surface area contributed by atoms with Crippen molar-refractivity contribution in [3.05, 3.63) is 28.9 Å². The van der Waals surface area contributed by atoms with Crippen molar-refractivity contribution in [2.75, 3.05) is 6.54 Å². The number of aliphatic carboxylic acids is 1. The van der Waals surface area contributed by atoms with Crippen LogP contribution < -0.4 is 5.32 Å². The fourth-order valence-electron chi connectivity index (χ4n) is 2.32. The number of rotatable bonds is 7. The maximum atomic E-state index is 11.1. The van der Waals surface area contributed by atoms with Gasteiger partial charge in [-0.15, -0.1) is 0 Å². The normalized spacial score (nSPS) is 13.0. The first-order chi connectivity index (χ1) is 9.99. The largest absolute Gasteiger partial charge is 0.480 e. The van der Waals surface area contributed by atoms with Gasteiger partial charge < -0.3 is 10.4 Å². The van der Waals surface area contributed by atoms with E-state index in [9.17, 15) is 4.79 Å². The zero-order valence-electron chi connectivity index (χ0n) is 12.2. The van der Waals surface area contributed by atoms with Crippen molar-refractivity contribution in [3.63, 3.8) is 0 Å². The van der Waals surface area contributed by atoms with Gasteiger partial charge in [0.05, 0.1) is 11.7 Å². The molecule has 0 radical (unpaired) electrons. The van der Waals surface area contributed by atoms with Crippen LogP contribution in [0.2, 0.25) is 0 Å². The third kappa shape index (κ3) is 4.04. The highest BCUT2D eigenvalue weighted by Gasteiger charge is 2.19. The minimum Gasteiger partial charge on any atom is -0.480 e. The van der Waals surface area contributed by atoms with E-state index in [0.717, 1.165) is 28.3 Å². The minimum atomic E-state index is -0.793. The molecule has 0 saturated carbocycles. The van der Waals surface area contributed by atoms with Gasteiger partial charge in [0, 0.05) is 16.4 Å². The van der Waals surface area contributed by atoms with Crippen molar-refractivity contribution in [1.29, 1.82) is 0 Å². The summed E-state index contributed by atoms with van der Waals surface area (Å²) >= 11 is 3.47. The number of nitrogens with zero attached hydrogens (tertiary/aromatic N) is 2. The van der Waals surface area contributed by atoms with Crippen LogP contribution in [0.1, 0.15) is 20.3 Å². The van der Waals surface area contributed by atoms with Gasteiger partial charge in [-0.05, 0) is 31.0 Å². The zero-order valence-corrected chi connectivity index (χ0v) is 13.8. The summed E-state index contributed by atoms with van der Waals surface area (Å²) in [6.45, 7) is 5.23. The molecule has 0 saturated heterocycles. The Balaban J connectivity index is 1.90. The van der Waals surface area contributed by atoms with Gasteiger partial charge in [0.25, 0.3) is 0 Å². The summed E-state index contributed by atoms with van der Waals surface area (Å²) < 4.78 is 2.98. The molecule has 114 valence electrons. The number of nitrogens with one attached hydrogen (secondary N) is 1. The maximum absolute atomic E-state index is 11.1. The van der Waals surface area contributed by atoms with Crippen molar-refractivity contribution < 1.29 is 9.90 Å². The summed E-state index contributed by atoms with van der Waals surface area (Å²) in [6.07, 6.45) is 2.68. The topological polar surface area (TPSA) is 67.2 Å². The van der Waals surface area contributed by atoms with Crippen molar-refractivity contribution in [2.24, 2.45) is 5.92 Å². The predicted octanol–water partition coefficient (Wildman–Crippen LogP) is 2.89. The van der Waals surface area contributed by atoms with E-state index < -0.39 is 12.0 Å². The predicted molar refractivity (Wildman–Crippen MR) is 86.3 cm³/mol. The second kappa shape index (κ2) is 7.04. The summed E-state index contributed by atoms with van der Waals surface area (Å²) in [5.41, 5.74) is 1.09. The molecule has 2 aromatic rings. The lowest BCUT2D eigenvalue weighted by Gasteiger charge is -2.17. The molecule has 1 heterocycles. The molecule has 21 heavy (non-hydrogen) atoms. The molecule has 1 atom stereocenters. The highest BCUT2D eigenvalue weighted by Crippen LogP contribution is 2.19. The van der Waals surface area contributed by atoms with Crippen LogP contribution in [0.25, 0.3) is 10.9 Å². The van der Waals surface area contributed by atoms with Crippen molar-refractivity contribution >= 4 is 32.8 Å². The van der Waals surface area contributed by atoms with Gasteiger partial charge in [0.1, 0.15) is 6.04 Å². The molecular weight excluding hydrogens is 334 g/mol. The third-order valence-electron chi connectivity index (χ3n) is 3.45. The number of aryl methyl sites for hydroxylation is 1. The molecular formula is C15H20BrN3O2. The summed E-state index contributed by atoms with van der Waals surface area (Å²) in [6, 6.07) is 5.58. The summed E-state index contributed by atoms with van der Waals surface area (Å²) in [5, 5.41) is 17.7. The first-order valence-electron chi connectivity index (χ1n) is 7.06. The minimum absolute atomic E-state index is 0.0731. The number of hydrogen-bond donors (Lipinski definition) is 2. The molecule has 0 aliphatic rings. The number of hydrogen-bond acceptors (Lipinski definition) is 3. The summed E-state index contributed by atoms with van der Waals surface area (Å²) in [5.74, 6) is -0.720. The van der Waals surface area contributed by atoms with E-state index in [4.69, 9.17) is 5.11 Å². The number of carboxylic acid groups (broad SMARTS) is 1. The molecule has 0 spiro atoms. The van der Waals surface area contributed by atoms with Crippen LogP contribution in [0.15, 0.2) is 28.9 Å². The lowest BCUT2D eigenvalue weighted by Crippen LogP contribution is -2.41. The average Bonchev–Trinajstić information content (AvgIpc) is 2.80. The number of carbonyl (C=O) groups is 1. The van der Waals surface area contributed by atoms with Crippen LogP contribution in [0, 0.1) is 5.92 Å². The Labute approximate surface area is 132 Å². The SMILES string of the molecule is CC(C)C(NCCCn1ncc2ccc(Br)cc21)C(=O)O. The second-order valence-corrected chi connectivity index (χ2v) is 6.35. The highest BCUT2D eigenvalue weighted by molar-refractivity contribution is 9.10. The van der Waals surface area contributed by atoms with E-state index in [-0.39, 0.29) is 5.92 Å². The first kappa shape index (κ1) is 16.0. The molecule has 1 aromatic carbocycles. The van der Waals surface area contributed by atoms with Gasteiger partial charge in [-0.2, -0.15) is 5.10 Å². The quantitative estimate of drug-likeness (QED) is 0.751. The molecule has 6 heteroatoms. The molecule has 0 aliphatic heterocycles. The fraction of sp³-hybridized carbons (Fsp3) is 0.467. The monoisotopic (exact) mass is 353 g/mol. The van der Waals surface area contributed by atoms with E-state index in [1.807, 2.05) is 42.9 Å². The Morgan fingerprint density at radius 3 is 2.90 bits per heavy atom. The Bertz CT molecular complexity index is 624. The number of halogens is 1. The molecule has 5 nitrogen and oxygen atoms in total. The molecule has 0 aliphatic carbocycles. The van der Waals surface area contributed by atoms with Crippen molar-refractivity contribution in [2.45, 2.75) is 32.9 Å². The first-order valence-corrected chi connectivity index (χ1v) is 7.85. The Morgan fingerprint density at radius 2 is 2.24 bits per heavy atom. The van der Waals surface area contributed by atoms with Crippen LogP contribution in [0.4, 0.5) is 0 Å².